The topological polar surface area (TPSA) is 65.6 Å². The molecule has 2 aromatic heterocycles. The van der Waals surface area contributed by atoms with Crippen molar-refractivity contribution in [3.8, 4) is 23.1 Å². The lowest BCUT2D eigenvalue weighted by atomic mass is 10.0. The number of hydrogen-bond donors (Lipinski definition) is 0. The molecule has 2 aliphatic heterocycles. The van der Waals surface area contributed by atoms with E-state index in [-0.39, 0.29) is 0 Å². The first-order chi connectivity index (χ1) is 14.6. The van der Waals surface area contributed by atoms with E-state index in [1.54, 1.807) is 6.20 Å². The van der Waals surface area contributed by atoms with Crippen molar-refractivity contribution in [3.63, 3.8) is 0 Å². The second-order valence-electron chi connectivity index (χ2n) is 8.56. The highest BCUT2D eigenvalue weighted by Gasteiger charge is 2.28. The van der Waals surface area contributed by atoms with Gasteiger partial charge in [0.25, 0.3) is 0 Å². The fourth-order valence-electron chi connectivity index (χ4n) is 4.26. The van der Waals surface area contributed by atoms with Gasteiger partial charge >= 0.3 is 0 Å². The molecule has 0 bridgehead atoms. The second-order valence-corrected chi connectivity index (χ2v) is 8.56. The van der Waals surface area contributed by atoms with Crippen molar-refractivity contribution in [2.75, 3.05) is 19.8 Å². The zero-order valence-electron chi connectivity index (χ0n) is 17.9. The third kappa shape index (κ3) is 3.69. The molecule has 0 spiro atoms. The van der Waals surface area contributed by atoms with E-state index in [2.05, 4.69) is 40.5 Å². The maximum atomic E-state index is 5.83. The van der Waals surface area contributed by atoms with E-state index < -0.39 is 0 Å². The molecule has 0 fully saturated rings. The molecule has 158 valence electrons. The quantitative estimate of drug-likeness (QED) is 0.639. The summed E-state index contributed by atoms with van der Waals surface area (Å²) in [6, 6.07) is 6.25. The van der Waals surface area contributed by atoms with Gasteiger partial charge in [-0.05, 0) is 30.5 Å². The van der Waals surface area contributed by atoms with Crippen LogP contribution in [0.1, 0.15) is 36.4 Å². The molecule has 0 N–H and O–H groups in total. The van der Waals surface area contributed by atoms with Crippen molar-refractivity contribution in [1.29, 1.82) is 0 Å². The molecule has 0 saturated heterocycles. The molecule has 4 heterocycles. The van der Waals surface area contributed by atoms with Crippen molar-refractivity contribution in [2.24, 2.45) is 5.92 Å². The van der Waals surface area contributed by atoms with Gasteiger partial charge in [-0.3, -0.25) is 9.58 Å². The van der Waals surface area contributed by atoms with E-state index in [1.807, 2.05) is 13.0 Å². The number of aromatic nitrogens is 3. The maximum absolute atomic E-state index is 5.83. The van der Waals surface area contributed by atoms with Crippen LogP contribution in [0.15, 0.2) is 28.8 Å². The number of oxazole rings is 1. The van der Waals surface area contributed by atoms with E-state index in [1.165, 1.54) is 16.8 Å². The molecule has 0 saturated carbocycles. The largest absolute Gasteiger partial charge is 0.486 e. The molecular weight excluding hydrogens is 380 g/mol. The number of benzene rings is 1. The predicted molar refractivity (Wildman–Crippen MR) is 113 cm³/mol. The molecule has 3 aromatic rings. The molecule has 0 aliphatic carbocycles. The lowest BCUT2D eigenvalue weighted by Crippen LogP contribution is -2.31. The monoisotopic (exact) mass is 408 g/mol. The summed E-state index contributed by atoms with van der Waals surface area (Å²) in [5.74, 6) is 3.64. The Labute approximate surface area is 176 Å². The standard InChI is InChI=1S/C23H28N4O3/c1-15(2)12-27-19-6-7-26(13-17-4-5-20-21(10-17)29-9-8-28-20)14-18(19)22(25-27)23-24-11-16(3)30-23/h4-5,10-11,15H,6-9,12-14H2,1-3H3. The first-order valence-electron chi connectivity index (χ1n) is 10.7. The van der Waals surface area contributed by atoms with Crippen LogP contribution in [0, 0.1) is 12.8 Å². The Morgan fingerprint density at radius 3 is 2.73 bits per heavy atom. The van der Waals surface area contributed by atoms with E-state index >= 15 is 0 Å². The molecule has 0 unspecified atom stereocenters. The minimum atomic E-state index is 0.531. The van der Waals surface area contributed by atoms with Gasteiger partial charge in [-0.15, -0.1) is 0 Å². The fraction of sp³-hybridized carbons (Fsp3) is 0.478. The molecule has 0 amide bonds. The number of rotatable bonds is 5. The van der Waals surface area contributed by atoms with Crippen LogP contribution in [-0.4, -0.2) is 39.4 Å². The van der Waals surface area contributed by atoms with Gasteiger partial charge in [-0.25, -0.2) is 4.98 Å². The highest BCUT2D eigenvalue weighted by atomic mass is 16.6. The van der Waals surface area contributed by atoms with Crippen LogP contribution in [-0.2, 0) is 26.1 Å². The van der Waals surface area contributed by atoms with Crippen molar-refractivity contribution < 1.29 is 13.9 Å². The van der Waals surface area contributed by atoms with Gasteiger partial charge in [0.05, 0.1) is 6.20 Å². The fourth-order valence-corrected chi connectivity index (χ4v) is 4.26. The molecule has 2 aliphatic rings. The van der Waals surface area contributed by atoms with Crippen LogP contribution in [0.25, 0.3) is 11.6 Å². The van der Waals surface area contributed by atoms with Crippen LogP contribution in [0.5, 0.6) is 11.5 Å². The summed E-state index contributed by atoms with van der Waals surface area (Å²) in [6.07, 6.45) is 2.73. The summed E-state index contributed by atoms with van der Waals surface area (Å²) < 4.78 is 19.4. The van der Waals surface area contributed by atoms with Crippen molar-refractivity contribution in [3.05, 3.63) is 47.0 Å². The van der Waals surface area contributed by atoms with Gasteiger partial charge in [0.1, 0.15) is 19.0 Å². The molecule has 7 nitrogen and oxygen atoms in total. The lowest BCUT2D eigenvalue weighted by molar-refractivity contribution is 0.171. The van der Waals surface area contributed by atoms with Gasteiger partial charge in [-0.2, -0.15) is 5.10 Å². The van der Waals surface area contributed by atoms with Gasteiger partial charge in [0.2, 0.25) is 5.89 Å². The average molecular weight is 409 g/mol. The summed E-state index contributed by atoms with van der Waals surface area (Å²) >= 11 is 0. The van der Waals surface area contributed by atoms with Gasteiger partial charge < -0.3 is 13.9 Å². The Morgan fingerprint density at radius 1 is 1.13 bits per heavy atom. The molecule has 0 atom stereocenters. The third-order valence-electron chi connectivity index (χ3n) is 5.59. The zero-order chi connectivity index (χ0) is 20.7. The number of hydrogen-bond acceptors (Lipinski definition) is 6. The maximum Gasteiger partial charge on any atom is 0.247 e. The van der Waals surface area contributed by atoms with Gasteiger partial charge in [0, 0.05) is 43.9 Å². The Bertz CT molecular complexity index is 1050. The summed E-state index contributed by atoms with van der Waals surface area (Å²) in [5.41, 5.74) is 4.66. The third-order valence-corrected chi connectivity index (χ3v) is 5.59. The highest BCUT2D eigenvalue weighted by Crippen LogP contribution is 2.33. The smallest absolute Gasteiger partial charge is 0.247 e. The SMILES string of the molecule is Cc1cnc(-c2nn(CC(C)C)c3c2CN(Cc2ccc4c(c2)OCCO4)CC3)o1. The van der Waals surface area contributed by atoms with E-state index in [9.17, 15) is 0 Å². The zero-order valence-corrected chi connectivity index (χ0v) is 17.9. The minimum absolute atomic E-state index is 0.531. The lowest BCUT2D eigenvalue weighted by Gasteiger charge is -2.28. The minimum Gasteiger partial charge on any atom is -0.486 e. The van der Waals surface area contributed by atoms with Crippen molar-refractivity contribution >= 4 is 0 Å². The number of fused-ring (bicyclic) bond motifs is 2. The summed E-state index contributed by atoms with van der Waals surface area (Å²) in [7, 11) is 0. The first-order valence-corrected chi connectivity index (χ1v) is 10.7. The summed E-state index contributed by atoms with van der Waals surface area (Å²) in [4.78, 5) is 6.91. The van der Waals surface area contributed by atoms with Crippen LogP contribution in [0.3, 0.4) is 0 Å². The highest BCUT2D eigenvalue weighted by molar-refractivity contribution is 5.55. The molecule has 1 aromatic carbocycles. The number of nitrogens with zero attached hydrogens (tertiary/aromatic N) is 4. The van der Waals surface area contributed by atoms with E-state index in [4.69, 9.17) is 19.0 Å². The van der Waals surface area contributed by atoms with Crippen LogP contribution in [0.2, 0.25) is 0 Å². The normalized spacial score (nSPS) is 16.1. The summed E-state index contributed by atoms with van der Waals surface area (Å²) in [6.45, 7) is 11.2. The van der Waals surface area contributed by atoms with Crippen LogP contribution >= 0.6 is 0 Å². The molecule has 0 radical (unpaired) electrons. The van der Waals surface area contributed by atoms with Crippen molar-refractivity contribution in [1.82, 2.24) is 19.7 Å². The second kappa shape index (κ2) is 7.80. The van der Waals surface area contributed by atoms with Gasteiger partial charge in [-0.1, -0.05) is 19.9 Å². The van der Waals surface area contributed by atoms with Crippen LogP contribution < -0.4 is 9.47 Å². The Balaban J connectivity index is 1.41. The first kappa shape index (κ1) is 19.2. The average Bonchev–Trinajstić information content (AvgIpc) is 3.31. The predicted octanol–water partition coefficient (Wildman–Crippen LogP) is 3.83. The Morgan fingerprint density at radius 2 is 1.97 bits per heavy atom. The Hall–Kier alpha value is -2.80. The number of aryl methyl sites for hydroxylation is 1. The van der Waals surface area contributed by atoms with Crippen LogP contribution in [0.4, 0.5) is 0 Å². The van der Waals surface area contributed by atoms with E-state index in [0.717, 1.165) is 55.6 Å². The Kier molecular flexibility index (Phi) is 4.98. The summed E-state index contributed by atoms with van der Waals surface area (Å²) in [5, 5.41) is 4.91. The van der Waals surface area contributed by atoms with E-state index in [0.29, 0.717) is 25.0 Å². The van der Waals surface area contributed by atoms with Crippen molar-refractivity contribution in [2.45, 2.75) is 46.8 Å². The molecular formula is C23H28N4O3. The molecule has 5 rings (SSSR count). The van der Waals surface area contributed by atoms with Gasteiger partial charge in [0.15, 0.2) is 17.2 Å². The molecule has 7 heteroatoms. The molecule has 30 heavy (non-hydrogen) atoms. The number of ether oxygens (including phenoxy) is 2.